The van der Waals surface area contributed by atoms with Gasteiger partial charge in [0, 0.05) is 16.8 Å². The molecule has 0 spiro atoms. The van der Waals surface area contributed by atoms with Crippen LogP contribution in [0.2, 0.25) is 0 Å². The lowest BCUT2D eigenvalue weighted by Gasteiger charge is -2.28. The first kappa shape index (κ1) is 34.5. The molecule has 0 radical (unpaired) electrons. The van der Waals surface area contributed by atoms with Gasteiger partial charge in [0.25, 0.3) is 0 Å². The standard InChI is InChI=1S/C58H39N/c1-3-15-40(16-4-1)41-27-29-42(30-28-41)43-31-35-47(36-32-43)59(56-39-46-19-7-8-20-49(46)50-21-9-12-24-53(50)56)48-37-33-45(34-38-48)58-55-26-14-11-23-52(55)51-22-10-13-25-54(51)57(58)44-17-5-2-6-18-44/h1-39H. The summed E-state index contributed by atoms with van der Waals surface area (Å²) in [6.07, 6.45) is 0. The maximum atomic E-state index is 2.43. The maximum absolute atomic E-state index is 2.43. The van der Waals surface area contributed by atoms with Gasteiger partial charge in [-0.25, -0.2) is 0 Å². The number of benzene rings is 11. The summed E-state index contributed by atoms with van der Waals surface area (Å²) in [5, 5.41) is 9.97. The predicted molar refractivity (Wildman–Crippen MR) is 253 cm³/mol. The van der Waals surface area contributed by atoms with Crippen LogP contribution in [0.3, 0.4) is 0 Å². The number of hydrogen-bond acceptors (Lipinski definition) is 1. The monoisotopic (exact) mass is 749 g/mol. The minimum absolute atomic E-state index is 1.10. The van der Waals surface area contributed by atoms with Gasteiger partial charge in [-0.15, -0.1) is 0 Å². The van der Waals surface area contributed by atoms with Crippen LogP contribution in [0.25, 0.3) is 87.6 Å². The van der Waals surface area contributed by atoms with E-state index in [2.05, 4.69) is 241 Å². The van der Waals surface area contributed by atoms with Gasteiger partial charge in [-0.2, -0.15) is 0 Å². The molecule has 0 saturated heterocycles. The Hall–Kier alpha value is -7.74. The zero-order valence-corrected chi connectivity index (χ0v) is 32.5. The van der Waals surface area contributed by atoms with Crippen LogP contribution >= 0.6 is 0 Å². The second-order valence-electron chi connectivity index (χ2n) is 15.2. The highest BCUT2D eigenvalue weighted by molar-refractivity contribution is 6.21. The number of rotatable bonds is 7. The highest BCUT2D eigenvalue weighted by Crippen LogP contribution is 2.47. The summed E-state index contributed by atoms with van der Waals surface area (Å²) in [5.74, 6) is 0. The minimum atomic E-state index is 1.10. The third-order valence-electron chi connectivity index (χ3n) is 11.8. The summed E-state index contributed by atoms with van der Waals surface area (Å²) < 4.78 is 0. The number of hydrogen-bond donors (Lipinski definition) is 0. The van der Waals surface area contributed by atoms with E-state index >= 15 is 0 Å². The second kappa shape index (κ2) is 14.6. The van der Waals surface area contributed by atoms with Gasteiger partial charge >= 0.3 is 0 Å². The predicted octanol–water partition coefficient (Wildman–Crippen LogP) is 16.4. The van der Waals surface area contributed by atoms with Crippen LogP contribution in [-0.4, -0.2) is 0 Å². The Morgan fingerprint density at radius 3 is 1.05 bits per heavy atom. The van der Waals surface area contributed by atoms with Gasteiger partial charge in [0.05, 0.1) is 5.69 Å². The normalized spacial score (nSPS) is 11.4. The Bertz CT molecular complexity index is 3280. The van der Waals surface area contributed by atoms with E-state index in [-0.39, 0.29) is 0 Å². The largest absolute Gasteiger partial charge is 0.310 e. The van der Waals surface area contributed by atoms with Crippen molar-refractivity contribution in [1.29, 1.82) is 0 Å². The summed E-state index contributed by atoms with van der Waals surface area (Å²) in [5.41, 5.74) is 13.1. The minimum Gasteiger partial charge on any atom is -0.310 e. The summed E-state index contributed by atoms with van der Waals surface area (Å²) in [6, 6.07) is 86.2. The zero-order chi connectivity index (χ0) is 39.1. The van der Waals surface area contributed by atoms with E-state index in [1.165, 1.54) is 87.6 Å². The van der Waals surface area contributed by atoms with Crippen molar-refractivity contribution < 1.29 is 0 Å². The highest BCUT2D eigenvalue weighted by atomic mass is 15.1. The molecule has 11 aromatic rings. The Balaban J connectivity index is 1.08. The van der Waals surface area contributed by atoms with Crippen molar-refractivity contribution in [2.75, 3.05) is 4.90 Å². The average molecular weight is 750 g/mol. The fourth-order valence-electron chi connectivity index (χ4n) is 9.06. The zero-order valence-electron chi connectivity index (χ0n) is 32.5. The molecule has 0 aliphatic heterocycles. The molecule has 59 heavy (non-hydrogen) atoms. The third kappa shape index (κ3) is 6.12. The molecule has 0 aliphatic rings. The first-order valence-corrected chi connectivity index (χ1v) is 20.3. The fourth-order valence-corrected chi connectivity index (χ4v) is 9.06. The van der Waals surface area contributed by atoms with E-state index in [0.29, 0.717) is 0 Å². The van der Waals surface area contributed by atoms with E-state index in [9.17, 15) is 0 Å². The molecule has 11 rings (SSSR count). The van der Waals surface area contributed by atoms with Gasteiger partial charge in [0.1, 0.15) is 0 Å². The second-order valence-corrected chi connectivity index (χ2v) is 15.2. The van der Waals surface area contributed by atoms with E-state index in [1.54, 1.807) is 0 Å². The smallest absolute Gasteiger partial charge is 0.0546 e. The molecule has 0 fully saturated rings. The van der Waals surface area contributed by atoms with Crippen LogP contribution in [0.15, 0.2) is 237 Å². The molecule has 0 aliphatic carbocycles. The Morgan fingerprint density at radius 1 is 0.220 bits per heavy atom. The molecular weight excluding hydrogens is 711 g/mol. The van der Waals surface area contributed by atoms with Crippen LogP contribution < -0.4 is 4.90 Å². The van der Waals surface area contributed by atoms with E-state index < -0.39 is 0 Å². The molecule has 11 aromatic carbocycles. The topological polar surface area (TPSA) is 3.24 Å². The lowest BCUT2D eigenvalue weighted by molar-refractivity contribution is 1.30. The highest BCUT2D eigenvalue weighted by Gasteiger charge is 2.20. The van der Waals surface area contributed by atoms with E-state index in [1.807, 2.05) is 0 Å². The first-order valence-electron chi connectivity index (χ1n) is 20.3. The van der Waals surface area contributed by atoms with Crippen molar-refractivity contribution in [3.05, 3.63) is 237 Å². The quantitative estimate of drug-likeness (QED) is 0.147. The number of fused-ring (bicyclic) bond motifs is 6. The SMILES string of the molecule is c1ccc(-c2ccc(-c3ccc(N(c4ccc(-c5c(-c6ccccc6)c6ccccc6c6ccccc56)cc4)c4cc5ccccc5c5ccccc45)cc3)cc2)cc1. The summed E-state index contributed by atoms with van der Waals surface area (Å²) in [4.78, 5) is 2.43. The fraction of sp³-hybridized carbons (Fsp3) is 0. The average Bonchev–Trinajstić information content (AvgIpc) is 3.32. The molecule has 0 heterocycles. The third-order valence-corrected chi connectivity index (χ3v) is 11.8. The van der Waals surface area contributed by atoms with Gasteiger partial charge in [0.2, 0.25) is 0 Å². The lowest BCUT2D eigenvalue weighted by atomic mass is 9.85. The van der Waals surface area contributed by atoms with E-state index in [0.717, 1.165) is 17.1 Å². The van der Waals surface area contributed by atoms with Crippen LogP contribution in [0, 0.1) is 0 Å². The van der Waals surface area contributed by atoms with Crippen molar-refractivity contribution in [2.45, 2.75) is 0 Å². The molecule has 0 bridgehead atoms. The molecule has 0 saturated carbocycles. The Morgan fingerprint density at radius 2 is 0.542 bits per heavy atom. The molecule has 1 nitrogen and oxygen atoms in total. The molecule has 0 unspecified atom stereocenters. The molecule has 276 valence electrons. The molecule has 1 heteroatoms. The van der Waals surface area contributed by atoms with Crippen LogP contribution in [0.1, 0.15) is 0 Å². The maximum Gasteiger partial charge on any atom is 0.0546 e. The molecule has 0 aromatic heterocycles. The van der Waals surface area contributed by atoms with Gasteiger partial charge < -0.3 is 4.90 Å². The summed E-state index contributed by atoms with van der Waals surface area (Å²) >= 11 is 0. The lowest BCUT2D eigenvalue weighted by Crippen LogP contribution is -2.10. The van der Waals surface area contributed by atoms with Gasteiger partial charge in [0.15, 0.2) is 0 Å². The van der Waals surface area contributed by atoms with Crippen LogP contribution in [-0.2, 0) is 0 Å². The van der Waals surface area contributed by atoms with Gasteiger partial charge in [-0.3, -0.25) is 0 Å². The Labute approximate surface area is 344 Å². The van der Waals surface area contributed by atoms with Crippen molar-refractivity contribution in [3.63, 3.8) is 0 Å². The molecule has 0 amide bonds. The van der Waals surface area contributed by atoms with Crippen molar-refractivity contribution in [3.8, 4) is 44.5 Å². The first-order chi connectivity index (χ1) is 29.3. The van der Waals surface area contributed by atoms with Crippen molar-refractivity contribution in [2.24, 2.45) is 0 Å². The molecular formula is C58H39N. The molecule has 0 atom stereocenters. The van der Waals surface area contributed by atoms with Crippen LogP contribution in [0.5, 0.6) is 0 Å². The molecule has 0 N–H and O–H groups in total. The van der Waals surface area contributed by atoms with E-state index in [4.69, 9.17) is 0 Å². The van der Waals surface area contributed by atoms with Crippen LogP contribution in [0.4, 0.5) is 17.1 Å². The Kier molecular flexibility index (Phi) is 8.56. The van der Waals surface area contributed by atoms with Gasteiger partial charge in [-0.05, 0) is 113 Å². The van der Waals surface area contributed by atoms with Crippen molar-refractivity contribution in [1.82, 2.24) is 0 Å². The number of nitrogens with zero attached hydrogens (tertiary/aromatic N) is 1. The number of anilines is 3. The summed E-state index contributed by atoms with van der Waals surface area (Å²) in [7, 11) is 0. The van der Waals surface area contributed by atoms with Crippen molar-refractivity contribution >= 4 is 60.2 Å². The summed E-state index contributed by atoms with van der Waals surface area (Å²) in [6.45, 7) is 0. The van der Waals surface area contributed by atoms with Gasteiger partial charge in [-0.1, -0.05) is 206 Å².